The first-order valence-electron chi connectivity index (χ1n) is 6.32. The number of nitrogens with zero attached hydrogens (tertiary/aromatic N) is 1. The number of hydrogen-bond acceptors (Lipinski definition) is 4. The molecule has 1 saturated heterocycles. The lowest BCUT2D eigenvalue weighted by Crippen LogP contribution is -2.31. The number of piperidine rings is 1. The molecule has 0 spiro atoms. The summed E-state index contributed by atoms with van der Waals surface area (Å²) in [4.78, 5) is 15.6. The van der Waals surface area contributed by atoms with Crippen molar-refractivity contribution in [2.24, 2.45) is 0 Å². The Kier molecular flexibility index (Phi) is 5.48. The van der Waals surface area contributed by atoms with Crippen LogP contribution in [0.3, 0.4) is 0 Å². The van der Waals surface area contributed by atoms with Gasteiger partial charge in [-0.25, -0.2) is 0 Å². The summed E-state index contributed by atoms with van der Waals surface area (Å²) in [5, 5.41) is 6.90. The predicted octanol–water partition coefficient (Wildman–Crippen LogP) is 1.18. The molecular weight excluding hydrogens is 246 g/mol. The maximum atomic E-state index is 11.7. The Morgan fingerprint density at radius 3 is 2.83 bits per heavy atom. The van der Waals surface area contributed by atoms with Crippen LogP contribution in [0.4, 0.5) is 0 Å². The molecule has 1 amide bonds. The third kappa shape index (κ3) is 4.66. The minimum atomic E-state index is 0.121. The number of aromatic nitrogens is 1. The van der Waals surface area contributed by atoms with Gasteiger partial charge in [-0.15, -0.1) is 11.8 Å². The van der Waals surface area contributed by atoms with Gasteiger partial charge in [-0.1, -0.05) is 0 Å². The molecule has 0 saturated carbocycles. The van der Waals surface area contributed by atoms with E-state index >= 15 is 0 Å². The number of hydrogen-bond donors (Lipinski definition) is 2. The first-order valence-corrected chi connectivity index (χ1v) is 7.37. The van der Waals surface area contributed by atoms with Crippen molar-refractivity contribution in [1.82, 2.24) is 15.6 Å². The average molecular weight is 265 g/mol. The molecule has 4 nitrogen and oxygen atoms in total. The van der Waals surface area contributed by atoms with Crippen molar-refractivity contribution in [2.75, 3.05) is 18.8 Å². The Morgan fingerprint density at radius 1 is 1.39 bits per heavy atom. The van der Waals surface area contributed by atoms with E-state index < -0.39 is 0 Å². The van der Waals surface area contributed by atoms with Crippen molar-refractivity contribution in [2.45, 2.75) is 24.6 Å². The van der Waals surface area contributed by atoms with Crippen molar-refractivity contribution >= 4 is 17.7 Å². The molecule has 2 rings (SSSR count). The van der Waals surface area contributed by atoms with E-state index in [4.69, 9.17) is 0 Å². The molecule has 5 heteroatoms. The number of pyridine rings is 1. The van der Waals surface area contributed by atoms with Crippen LogP contribution in [0.15, 0.2) is 24.5 Å². The number of rotatable bonds is 5. The van der Waals surface area contributed by atoms with E-state index in [-0.39, 0.29) is 5.91 Å². The van der Waals surface area contributed by atoms with E-state index in [1.165, 1.54) is 12.8 Å². The number of thioether (sulfide) groups is 1. The van der Waals surface area contributed by atoms with Crippen molar-refractivity contribution < 1.29 is 4.79 Å². The summed E-state index contributed by atoms with van der Waals surface area (Å²) >= 11 is 1.78. The summed E-state index contributed by atoms with van der Waals surface area (Å²) in [6.45, 7) is 2.75. The Balaban J connectivity index is 1.63. The largest absolute Gasteiger partial charge is 0.351 e. The third-order valence-corrected chi connectivity index (χ3v) is 4.35. The van der Waals surface area contributed by atoms with Gasteiger partial charge in [0, 0.05) is 24.2 Å². The maximum Gasteiger partial charge on any atom is 0.230 e. The molecule has 0 aliphatic carbocycles. The maximum absolute atomic E-state index is 11.7. The highest BCUT2D eigenvalue weighted by Gasteiger charge is 2.14. The lowest BCUT2D eigenvalue weighted by atomic mass is 10.2. The quantitative estimate of drug-likeness (QED) is 0.839. The Hall–Kier alpha value is -1.07. The number of amides is 1. The predicted molar refractivity (Wildman–Crippen MR) is 74.4 cm³/mol. The molecule has 0 unspecified atom stereocenters. The van der Waals surface area contributed by atoms with E-state index in [1.807, 2.05) is 12.1 Å². The zero-order valence-corrected chi connectivity index (χ0v) is 11.2. The fourth-order valence-corrected chi connectivity index (χ4v) is 2.97. The highest BCUT2D eigenvalue weighted by Crippen LogP contribution is 2.19. The van der Waals surface area contributed by atoms with Crippen LogP contribution in [0.25, 0.3) is 0 Å². The molecule has 0 bridgehead atoms. The van der Waals surface area contributed by atoms with Gasteiger partial charge >= 0.3 is 0 Å². The van der Waals surface area contributed by atoms with Gasteiger partial charge in [-0.05, 0) is 43.6 Å². The first kappa shape index (κ1) is 13.4. The lowest BCUT2D eigenvalue weighted by Gasteiger charge is -2.21. The molecule has 0 atom stereocenters. The van der Waals surface area contributed by atoms with Crippen molar-refractivity contribution in [3.05, 3.63) is 30.1 Å². The van der Waals surface area contributed by atoms with E-state index in [0.717, 1.165) is 18.7 Å². The summed E-state index contributed by atoms with van der Waals surface area (Å²) in [5.74, 6) is 0.686. The van der Waals surface area contributed by atoms with Crippen LogP contribution in [0, 0.1) is 0 Å². The summed E-state index contributed by atoms with van der Waals surface area (Å²) in [5.41, 5.74) is 1.09. The van der Waals surface area contributed by atoms with E-state index in [1.54, 1.807) is 24.2 Å². The van der Waals surface area contributed by atoms with Gasteiger partial charge in [0.05, 0.1) is 5.75 Å². The van der Waals surface area contributed by atoms with Gasteiger partial charge in [-0.2, -0.15) is 0 Å². The monoisotopic (exact) mass is 265 g/mol. The normalized spacial score (nSPS) is 16.4. The van der Waals surface area contributed by atoms with Gasteiger partial charge < -0.3 is 10.6 Å². The molecule has 1 aliphatic rings. The fourth-order valence-electron chi connectivity index (χ4n) is 1.91. The molecule has 1 aliphatic heterocycles. The van der Waals surface area contributed by atoms with Crippen LogP contribution < -0.4 is 10.6 Å². The standard InChI is InChI=1S/C13H19N3OS/c17-13(10-18-12-3-7-15-8-4-12)16-9-11-1-5-14-6-2-11/h1-2,5-6,12,15H,3-4,7-10H2,(H,16,17). The molecule has 1 fully saturated rings. The van der Waals surface area contributed by atoms with Crippen LogP contribution in [0.2, 0.25) is 0 Å². The van der Waals surface area contributed by atoms with Gasteiger partial charge in [0.1, 0.15) is 0 Å². The molecule has 1 aromatic rings. The van der Waals surface area contributed by atoms with E-state index in [2.05, 4.69) is 15.6 Å². The summed E-state index contributed by atoms with van der Waals surface area (Å²) in [6.07, 6.45) is 5.82. The van der Waals surface area contributed by atoms with Crippen LogP contribution >= 0.6 is 11.8 Å². The van der Waals surface area contributed by atoms with Crippen LogP contribution in [0.5, 0.6) is 0 Å². The number of carbonyl (C=O) groups excluding carboxylic acids is 1. The zero-order valence-electron chi connectivity index (χ0n) is 10.4. The van der Waals surface area contributed by atoms with Crippen LogP contribution in [-0.2, 0) is 11.3 Å². The summed E-state index contributed by atoms with van der Waals surface area (Å²) < 4.78 is 0. The van der Waals surface area contributed by atoms with Crippen LogP contribution in [-0.4, -0.2) is 35.0 Å². The van der Waals surface area contributed by atoms with Crippen molar-refractivity contribution in [3.8, 4) is 0 Å². The average Bonchev–Trinajstić information content (AvgIpc) is 2.45. The highest BCUT2D eigenvalue weighted by molar-refractivity contribution is 8.00. The molecule has 2 N–H and O–H groups in total. The number of nitrogens with one attached hydrogen (secondary N) is 2. The molecule has 98 valence electrons. The zero-order chi connectivity index (χ0) is 12.6. The smallest absolute Gasteiger partial charge is 0.230 e. The Bertz CT molecular complexity index is 366. The number of carbonyl (C=O) groups is 1. The van der Waals surface area contributed by atoms with Gasteiger partial charge in [0.25, 0.3) is 0 Å². The second-order valence-corrected chi connectivity index (χ2v) is 5.68. The minimum Gasteiger partial charge on any atom is -0.351 e. The molecule has 1 aromatic heterocycles. The van der Waals surface area contributed by atoms with Gasteiger partial charge in [0.2, 0.25) is 5.91 Å². The Labute approximate surface area is 112 Å². The molecule has 0 radical (unpaired) electrons. The summed E-state index contributed by atoms with van der Waals surface area (Å²) in [7, 11) is 0. The lowest BCUT2D eigenvalue weighted by molar-refractivity contribution is -0.118. The first-order chi connectivity index (χ1) is 8.84. The van der Waals surface area contributed by atoms with Gasteiger partial charge in [0.15, 0.2) is 0 Å². The molecule has 0 aromatic carbocycles. The van der Waals surface area contributed by atoms with E-state index in [0.29, 0.717) is 17.5 Å². The summed E-state index contributed by atoms with van der Waals surface area (Å²) in [6, 6.07) is 3.83. The van der Waals surface area contributed by atoms with Crippen LogP contribution in [0.1, 0.15) is 18.4 Å². The molecular formula is C13H19N3OS. The SMILES string of the molecule is O=C(CSC1CCNCC1)NCc1ccncc1. The van der Waals surface area contributed by atoms with Crippen molar-refractivity contribution in [1.29, 1.82) is 0 Å². The second kappa shape index (κ2) is 7.38. The third-order valence-electron chi connectivity index (χ3n) is 2.98. The highest BCUT2D eigenvalue weighted by atomic mass is 32.2. The second-order valence-electron chi connectivity index (χ2n) is 4.39. The molecule has 2 heterocycles. The van der Waals surface area contributed by atoms with Gasteiger partial charge in [-0.3, -0.25) is 9.78 Å². The Morgan fingerprint density at radius 2 is 2.11 bits per heavy atom. The fraction of sp³-hybridized carbons (Fsp3) is 0.538. The minimum absolute atomic E-state index is 0.121. The van der Waals surface area contributed by atoms with Crippen molar-refractivity contribution in [3.63, 3.8) is 0 Å². The van der Waals surface area contributed by atoms with E-state index in [9.17, 15) is 4.79 Å². The topological polar surface area (TPSA) is 54.0 Å². The molecule has 18 heavy (non-hydrogen) atoms.